The highest BCUT2D eigenvalue weighted by Crippen LogP contribution is 2.57. The molecule has 0 aromatic heterocycles. The van der Waals surface area contributed by atoms with Crippen molar-refractivity contribution >= 4 is 18.5 Å². The largest absolute Gasteiger partial charge is 0.508 e. The highest BCUT2D eigenvalue weighted by Gasteiger charge is 2.59. The maximum atomic E-state index is 12.5. The highest BCUT2D eigenvalue weighted by atomic mass is 16.3. The van der Waals surface area contributed by atoms with Crippen LogP contribution in [0.3, 0.4) is 0 Å². The lowest BCUT2D eigenvalue weighted by Gasteiger charge is -2.30. The number of aldehydes is 2. The number of fused-ring (bicyclic) bond motifs is 2. The fourth-order valence-corrected chi connectivity index (χ4v) is 3.15. The van der Waals surface area contributed by atoms with Gasteiger partial charge in [0.05, 0.1) is 11.6 Å². The van der Waals surface area contributed by atoms with Crippen LogP contribution in [0.1, 0.15) is 41.6 Å². The summed E-state index contributed by atoms with van der Waals surface area (Å²) in [7, 11) is 0. The van der Waals surface area contributed by atoms with E-state index >= 15 is 0 Å². The molecular formula is C15H15NO4. The zero-order valence-corrected chi connectivity index (χ0v) is 10.9. The minimum atomic E-state index is -0.579. The summed E-state index contributed by atoms with van der Waals surface area (Å²) in [6.07, 6.45) is 3.69. The number of phenols is 1. The van der Waals surface area contributed by atoms with E-state index in [1.165, 1.54) is 6.07 Å². The van der Waals surface area contributed by atoms with Gasteiger partial charge in [-0.05, 0) is 43.0 Å². The van der Waals surface area contributed by atoms with Gasteiger partial charge in [-0.3, -0.25) is 4.79 Å². The van der Waals surface area contributed by atoms with Crippen LogP contribution in [0.2, 0.25) is 0 Å². The van der Waals surface area contributed by atoms with Crippen molar-refractivity contribution in [3.8, 4) is 5.75 Å². The molecule has 104 valence electrons. The molecule has 20 heavy (non-hydrogen) atoms. The van der Waals surface area contributed by atoms with Crippen molar-refractivity contribution in [3.05, 3.63) is 29.3 Å². The van der Waals surface area contributed by atoms with Crippen LogP contribution in [0.4, 0.5) is 0 Å². The molecule has 2 aliphatic rings. The molecule has 1 aliphatic carbocycles. The van der Waals surface area contributed by atoms with Crippen molar-refractivity contribution in [1.82, 2.24) is 4.90 Å². The summed E-state index contributed by atoms with van der Waals surface area (Å²) in [5, 5.41) is 9.62. The number of hydrogen-bond acceptors (Lipinski definition) is 4. The fourth-order valence-electron chi connectivity index (χ4n) is 3.15. The molecule has 1 unspecified atom stereocenters. The second-order valence-electron chi connectivity index (χ2n) is 5.38. The van der Waals surface area contributed by atoms with E-state index < -0.39 is 11.6 Å². The molecule has 1 N–H and O–H groups in total. The molecule has 1 saturated carbocycles. The van der Waals surface area contributed by atoms with Gasteiger partial charge in [-0.15, -0.1) is 0 Å². The van der Waals surface area contributed by atoms with Gasteiger partial charge in [-0.1, -0.05) is 0 Å². The Morgan fingerprint density at radius 1 is 1.35 bits per heavy atom. The first-order valence-corrected chi connectivity index (χ1v) is 6.70. The molecule has 3 rings (SSSR count). The molecular weight excluding hydrogens is 258 g/mol. The zero-order chi connectivity index (χ0) is 14.3. The predicted octanol–water partition coefficient (Wildman–Crippen LogP) is 1.38. The van der Waals surface area contributed by atoms with E-state index in [0.29, 0.717) is 12.0 Å². The number of carbonyl (C=O) groups excluding carboxylic acids is 3. The quantitative estimate of drug-likeness (QED) is 0.822. The number of carbonyl (C=O) groups is 3. The molecule has 5 nitrogen and oxygen atoms in total. The van der Waals surface area contributed by atoms with Gasteiger partial charge in [0.15, 0.2) is 0 Å². The van der Waals surface area contributed by atoms with Crippen LogP contribution in [-0.2, 0) is 15.1 Å². The third kappa shape index (κ3) is 1.66. The van der Waals surface area contributed by atoms with Crippen LogP contribution in [-0.4, -0.2) is 34.5 Å². The summed E-state index contributed by atoms with van der Waals surface area (Å²) >= 11 is 0. The minimum absolute atomic E-state index is 0.125. The van der Waals surface area contributed by atoms with Crippen LogP contribution in [0.25, 0.3) is 0 Å². The first-order valence-electron chi connectivity index (χ1n) is 6.70. The third-order valence-electron chi connectivity index (χ3n) is 4.21. The molecule has 1 heterocycles. The molecule has 0 bridgehead atoms. The van der Waals surface area contributed by atoms with Crippen LogP contribution in [0.15, 0.2) is 18.2 Å². The van der Waals surface area contributed by atoms with Gasteiger partial charge >= 0.3 is 0 Å². The van der Waals surface area contributed by atoms with Crippen LogP contribution in [0, 0.1) is 0 Å². The van der Waals surface area contributed by atoms with Gasteiger partial charge in [0, 0.05) is 12.0 Å². The van der Waals surface area contributed by atoms with E-state index in [9.17, 15) is 19.5 Å². The van der Waals surface area contributed by atoms with Gasteiger partial charge in [0.1, 0.15) is 18.3 Å². The van der Waals surface area contributed by atoms with E-state index in [2.05, 4.69) is 0 Å². The average Bonchev–Trinajstić information content (AvgIpc) is 3.19. The monoisotopic (exact) mass is 273 g/mol. The van der Waals surface area contributed by atoms with Crippen molar-refractivity contribution in [3.63, 3.8) is 0 Å². The van der Waals surface area contributed by atoms with E-state index in [1.54, 1.807) is 17.0 Å². The lowest BCUT2D eigenvalue weighted by atomic mass is 10.0. The SMILES string of the molecule is O=CCCC(C=O)N1C(=O)c2ccc(O)cc2C12CC2. The Hall–Kier alpha value is -2.17. The van der Waals surface area contributed by atoms with Crippen molar-refractivity contribution in [2.45, 2.75) is 37.3 Å². The van der Waals surface area contributed by atoms with Crippen molar-refractivity contribution < 1.29 is 19.5 Å². The van der Waals surface area contributed by atoms with Gasteiger partial charge in [-0.25, -0.2) is 0 Å². The predicted molar refractivity (Wildman–Crippen MR) is 70.3 cm³/mol. The average molecular weight is 273 g/mol. The summed E-state index contributed by atoms with van der Waals surface area (Å²) in [4.78, 5) is 36.0. The molecule has 1 fully saturated rings. The first-order chi connectivity index (χ1) is 9.64. The van der Waals surface area contributed by atoms with E-state index in [0.717, 1.165) is 31.0 Å². The summed E-state index contributed by atoms with van der Waals surface area (Å²) in [5.41, 5.74) is 0.915. The molecule has 1 amide bonds. The third-order valence-corrected chi connectivity index (χ3v) is 4.21. The van der Waals surface area contributed by atoms with Gasteiger partial charge in [0.25, 0.3) is 5.91 Å². The Bertz CT molecular complexity index is 592. The Morgan fingerprint density at radius 3 is 2.70 bits per heavy atom. The van der Waals surface area contributed by atoms with Gasteiger partial charge < -0.3 is 19.6 Å². The molecule has 1 atom stereocenters. The maximum Gasteiger partial charge on any atom is 0.255 e. The Morgan fingerprint density at radius 2 is 2.10 bits per heavy atom. The number of nitrogens with zero attached hydrogens (tertiary/aromatic N) is 1. The van der Waals surface area contributed by atoms with Crippen molar-refractivity contribution in [2.24, 2.45) is 0 Å². The molecule has 0 saturated heterocycles. The van der Waals surface area contributed by atoms with E-state index in [-0.39, 0.29) is 18.1 Å². The smallest absolute Gasteiger partial charge is 0.255 e. The molecule has 5 heteroatoms. The molecule has 1 aliphatic heterocycles. The van der Waals surface area contributed by atoms with Crippen LogP contribution >= 0.6 is 0 Å². The lowest BCUT2D eigenvalue weighted by Crippen LogP contribution is -2.43. The summed E-state index contributed by atoms with van der Waals surface area (Å²) in [5.74, 6) is -0.0549. The number of amides is 1. The molecule has 1 aromatic rings. The number of aromatic hydroxyl groups is 1. The number of phenolic OH excluding ortho intramolecular Hbond substituents is 1. The lowest BCUT2D eigenvalue weighted by molar-refractivity contribution is -0.113. The zero-order valence-electron chi connectivity index (χ0n) is 10.9. The standard InChI is InChI=1S/C15H15NO4/c17-7-1-2-10(9-18)16-14(20)12-4-3-11(19)8-13(12)15(16)5-6-15/h3-4,7-10,19H,1-2,5-6H2. The Labute approximate surface area is 116 Å². The highest BCUT2D eigenvalue weighted by molar-refractivity contribution is 6.02. The fraction of sp³-hybridized carbons (Fsp3) is 0.400. The van der Waals surface area contributed by atoms with Gasteiger partial charge in [-0.2, -0.15) is 0 Å². The van der Waals surface area contributed by atoms with Crippen molar-refractivity contribution in [2.75, 3.05) is 0 Å². The van der Waals surface area contributed by atoms with Crippen molar-refractivity contribution in [1.29, 1.82) is 0 Å². The Balaban J connectivity index is 2.00. The van der Waals surface area contributed by atoms with Crippen LogP contribution < -0.4 is 0 Å². The van der Waals surface area contributed by atoms with E-state index in [4.69, 9.17) is 0 Å². The molecule has 1 spiro atoms. The maximum absolute atomic E-state index is 12.5. The topological polar surface area (TPSA) is 74.7 Å². The Kier molecular flexibility index (Phi) is 2.85. The van der Waals surface area contributed by atoms with Gasteiger partial charge in [0.2, 0.25) is 0 Å². The molecule has 0 radical (unpaired) electrons. The second-order valence-corrected chi connectivity index (χ2v) is 5.38. The normalized spacial score (nSPS) is 19.8. The second kappa shape index (κ2) is 4.44. The number of hydrogen-bond donors (Lipinski definition) is 1. The minimum Gasteiger partial charge on any atom is -0.508 e. The van der Waals surface area contributed by atoms with Crippen LogP contribution in [0.5, 0.6) is 5.75 Å². The number of rotatable bonds is 5. The summed E-state index contributed by atoms with van der Waals surface area (Å²) < 4.78 is 0. The van der Waals surface area contributed by atoms with E-state index in [1.807, 2.05) is 0 Å². The molecule has 1 aromatic carbocycles. The summed E-state index contributed by atoms with van der Waals surface area (Å²) in [6, 6.07) is 4.12. The summed E-state index contributed by atoms with van der Waals surface area (Å²) in [6.45, 7) is 0. The first kappa shape index (κ1) is 12.8. The number of benzene rings is 1.